The number of benzene rings is 1. The van der Waals surface area contributed by atoms with Crippen molar-refractivity contribution in [3.8, 4) is 0 Å². The van der Waals surface area contributed by atoms with E-state index in [9.17, 15) is 4.79 Å². The quantitative estimate of drug-likeness (QED) is 0.224. The molecule has 0 amide bonds. The third-order valence-electron chi connectivity index (χ3n) is 7.00. The second-order valence-corrected chi connectivity index (χ2v) is 11.3. The Morgan fingerprint density at radius 2 is 1.72 bits per heavy atom. The van der Waals surface area contributed by atoms with E-state index in [1.54, 1.807) is 0 Å². The third kappa shape index (κ3) is 7.75. The average Bonchev–Trinajstić information content (AvgIpc) is 2.68. The Hall–Kier alpha value is -0.800. The Morgan fingerprint density at radius 3 is 2.45 bits per heavy atom. The van der Waals surface area contributed by atoms with Crippen molar-refractivity contribution in [2.24, 2.45) is 17.8 Å². The summed E-state index contributed by atoms with van der Waals surface area (Å²) < 4.78 is 0. The van der Waals surface area contributed by atoms with Crippen LogP contribution in [0.2, 0.25) is 0 Å². The van der Waals surface area contributed by atoms with Crippen molar-refractivity contribution in [2.75, 3.05) is 12.3 Å². The van der Waals surface area contributed by atoms with Crippen LogP contribution in [0.4, 0.5) is 0 Å². The topological polar surface area (TPSA) is 29.1 Å². The molecule has 29 heavy (non-hydrogen) atoms. The molecule has 0 aromatic heterocycles. The van der Waals surface area contributed by atoms with Crippen molar-refractivity contribution in [3.63, 3.8) is 0 Å². The van der Waals surface area contributed by atoms with Gasteiger partial charge in [-0.25, -0.2) is 0 Å². The maximum Gasteiger partial charge on any atom is 0.150 e. The first-order valence-corrected chi connectivity index (χ1v) is 13.0. The molecule has 0 heterocycles. The summed E-state index contributed by atoms with van der Waals surface area (Å²) in [6.45, 7) is 6.15. The maximum atomic E-state index is 10.8. The summed E-state index contributed by atoms with van der Waals surface area (Å²) in [5.41, 5.74) is 1.19. The van der Waals surface area contributed by atoms with Crippen LogP contribution in [-0.2, 0) is 0 Å². The highest BCUT2D eigenvalue weighted by atomic mass is 32.2. The van der Waals surface area contributed by atoms with Crippen LogP contribution in [0, 0.1) is 17.8 Å². The lowest BCUT2D eigenvalue weighted by atomic mass is 9.62. The number of aldehydes is 1. The number of fused-ring (bicyclic) bond motifs is 2. The van der Waals surface area contributed by atoms with Gasteiger partial charge in [0.25, 0.3) is 0 Å². The van der Waals surface area contributed by atoms with Crippen LogP contribution in [0.3, 0.4) is 0 Å². The highest BCUT2D eigenvalue weighted by molar-refractivity contribution is 7.99. The summed E-state index contributed by atoms with van der Waals surface area (Å²) in [4.78, 5) is 12.1. The van der Waals surface area contributed by atoms with E-state index in [0.29, 0.717) is 5.54 Å². The highest BCUT2D eigenvalue weighted by Gasteiger charge is 2.40. The molecule has 2 aliphatic carbocycles. The van der Waals surface area contributed by atoms with Gasteiger partial charge in [0.1, 0.15) is 6.29 Å². The fourth-order valence-electron chi connectivity index (χ4n) is 5.93. The largest absolute Gasteiger partial charge is 0.311 e. The van der Waals surface area contributed by atoms with Gasteiger partial charge in [-0.1, -0.05) is 44.7 Å². The van der Waals surface area contributed by atoms with Gasteiger partial charge < -0.3 is 5.32 Å². The minimum absolute atomic E-state index is 0.409. The number of carbonyl (C=O) groups is 1. The molecule has 0 spiro atoms. The van der Waals surface area contributed by atoms with E-state index < -0.39 is 0 Å². The lowest BCUT2D eigenvalue weighted by molar-refractivity contribution is 0.0735. The smallest absolute Gasteiger partial charge is 0.150 e. The van der Waals surface area contributed by atoms with E-state index >= 15 is 0 Å². The van der Waals surface area contributed by atoms with Crippen LogP contribution >= 0.6 is 11.8 Å². The minimum atomic E-state index is 0.409. The van der Waals surface area contributed by atoms with Crippen LogP contribution in [0.15, 0.2) is 29.2 Å². The second-order valence-electron chi connectivity index (χ2n) is 10.1. The van der Waals surface area contributed by atoms with E-state index in [0.717, 1.165) is 35.4 Å². The number of carbonyl (C=O) groups excluding carboxylic acids is 1. The lowest BCUT2D eigenvalue weighted by Crippen LogP contribution is -2.50. The zero-order valence-electron chi connectivity index (χ0n) is 18.6. The van der Waals surface area contributed by atoms with Crippen molar-refractivity contribution in [1.29, 1.82) is 0 Å². The Bertz CT molecular complexity index is 613. The summed E-state index contributed by atoms with van der Waals surface area (Å²) in [5, 5.41) is 3.95. The van der Waals surface area contributed by atoms with E-state index in [1.165, 1.54) is 82.1 Å². The van der Waals surface area contributed by atoms with E-state index in [2.05, 4.69) is 25.2 Å². The molecule has 2 bridgehead atoms. The number of thioether (sulfide) groups is 1. The van der Waals surface area contributed by atoms with Gasteiger partial charge in [0, 0.05) is 16.0 Å². The molecule has 3 heteroatoms. The molecule has 2 unspecified atom stereocenters. The van der Waals surface area contributed by atoms with E-state index in [4.69, 9.17) is 0 Å². The van der Waals surface area contributed by atoms with Crippen LogP contribution in [0.1, 0.15) is 94.8 Å². The molecule has 0 radical (unpaired) electrons. The molecule has 3 rings (SSSR count). The normalized spacial score (nSPS) is 29.0. The Morgan fingerprint density at radius 1 is 1.03 bits per heavy atom. The van der Waals surface area contributed by atoms with Gasteiger partial charge in [0.2, 0.25) is 0 Å². The van der Waals surface area contributed by atoms with E-state index in [1.807, 2.05) is 30.0 Å². The zero-order valence-corrected chi connectivity index (χ0v) is 19.4. The summed E-state index contributed by atoms with van der Waals surface area (Å²) in [7, 11) is 0. The first kappa shape index (κ1) is 22.9. The lowest BCUT2D eigenvalue weighted by Gasteiger charge is -2.47. The molecule has 2 fully saturated rings. The van der Waals surface area contributed by atoms with Gasteiger partial charge in [-0.05, 0) is 94.1 Å². The molecular formula is C26H41NOS. The fourth-order valence-corrected chi connectivity index (χ4v) is 6.90. The number of rotatable bonds is 12. The van der Waals surface area contributed by atoms with Gasteiger partial charge in [-0.2, -0.15) is 0 Å². The predicted octanol–water partition coefficient (Wildman–Crippen LogP) is 7.13. The van der Waals surface area contributed by atoms with Gasteiger partial charge in [0.05, 0.1) is 0 Å². The first-order valence-electron chi connectivity index (χ1n) is 12.0. The second kappa shape index (κ2) is 11.6. The molecule has 2 atom stereocenters. The molecule has 1 N–H and O–H groups in total. The van der Waals surface area contributed by atoms with Crippen molar-refractivity contribution in [2.45, 2.75) is 94.9 Å². The van der Waals surface area contributed by atoms with Crippen molar-refractivity contribution in [1.82, 2.24) is 5.32 Å². The Labute approximate surface area is 183 Å². The molecule has 2 saturated carbocycles. The molecular weight excluding hydrogens is 374 g/mol. The summed E-state index contributed by atoms with van der Waals surface area (Å²) in [6, 6.07) is 7.93. The van der Waals surface area contributed by atoms with Crippen LogP contribution < -0.4 is 5.32 Å². The monoisotopic (exact) mass is 415 g/mol. The van der Waals surface area contributed by atoms with Gasteiger partial charge >= 0.3 is 0 Å². The van der Waals surface area contributed by atoms with Gasteiger partial charge in [-0.3, -0.25) is 4.79 Å². The summed E-state index contributed by atoms with van der Waals surface area (Å²) in [5.74, 6) is 4.08. The number of hydrogen-bond acceptors (Lipinski definition) is 3. The molecule has 0 aliphatic heterocycles. The zero-order chi connectivity index (χ0) is 20.5. The molecule has 1 aromatic rings. The summed E-state index contributed by atoms with van der Waals surface area (Å²) >= 11 is 1.88. The minimum Gasteiger partial charge on any atom is -0.311 e. The third-order valence-corrected chi connectivity index (χ3v) is 8.08. The highest BCUT2D eigenvalue weighted by Crippen LogP contribution is 2.46. The average molecular weight is 416 g/mol. The SMILES string of the molecule is CC1CC2CC(C1)CC(C)(NCCCCCCCCSc1cccc(C=O)c1)C2. The van der Waals surface area contributed by atoms with Crippen LogP contribution in [-0.4, -0.2) is 24.1 Å². The number of unbranched alkanes of at least 4 members (excludes halogenated alkanes) is 5. The Kier molecular flexibility index (Phi) is 9.11. The predicted molar refractivity (Wildman–Crippen MR) is 126 cm³/mol. The van der Waals surface area contributed by atoms with Crippen molar-refractivity contribution < 1.29 is 4.79 Å². The standard InChI is InChI=1S/C26H41NOS/c1-21-14-23-16-24(15-21)19-26(2,18-23)27-12-7-5-3-4-6-8-13-29-25-11-9-10-22(17-25)20-28/h9-11,17,20-21,23-24,27H,3-8,12-16,18-19H2,1-2H3. The maximum absolute atomic E-state index is 10.8. The van der Waals surface area contributed by atoms with E-state index in [-0.39, 0.29) is 0 Å². The molecule has 162 valence electrons. The van der Waals surface area contributed by atoms with Crippen molar-refractivity contribution >= 4 is 18.0 Å². The first-order chi connectivity index (χ1) is 14.1. The molecule has 2 nitrogen and oxygen atoms in total. The van der Waals surface area contributed by atoms with Gasteiger partial charge in [0.15, 0.2) is 0 Å². The number of hydrogen-bond donors (Lipinski definition) is 1. The van der Waals surface area contributed by atoms with Gasteiger partial charge in [-0.15, -0.1) is 11.8 Å². The molecule has 0 saturated heterocycles. The fraction of sp³-hybridized carbons (Fsp3) is 0.731. The summed E-state index contributed by atoms with van der Waals surface area (Å²) in [6.07, 6.45) is 16.2. The van der Waals surface area contributed by atoms with Crippen molar-refractivity contribution in [3.05, 3.63) is 29.8 Å². The molecule has 2 aliphatic rings. The number of nitrogens with one attached hydrogen (secondary N) is 1. The molecule has 1 aromatic carbocycles. The van der Waals surface area contributed by atoms with Crippen LogP contribution in [0.25, 0.3) is 0 Å². The Balaban J connectivity index is 1.18. The van der Waals surface area contributed by atoms with Crippen LogP contribution in [0.5, 0.6) is 0 Å².